The Hall–Kier alpha value is -1.23. The number of carbonyl (C=O) groups is 1. The van der Waals surface area contributed by atoms with Crippen molar-refractivity contribution in [2.45, 2.75) is 71.8 Å². The van der Waals surface area contributed by atoms with Crippen LogP contribution in [-0.2, 0) is 9.53 Å². The Morgan fingerprint density at radius 3 is 2.81 bits per heavy atom. The number of rotatable bonds is 7. The summed E-state index contributed by atoms with van der Waals surface area (Å²) in [7, 11) is 0. The lowest BCUT2D eigenvalue weighted by atomic mass is 9.75. The monoisotopic (exact) mass is 290 g/mol. The zero-order chi connectivity index (χ0) is 15.7. The van der Waals surface area contributed by atoms with Crippen LogP contribution in [0.5, 0.6) is 0 Å². The van der Waals surface area contributed by atoms with Gasteiger partial charge in [-0.2, -0.15) is 0 Å². The molecule has 1 aliphatic rings. The fraction of sp³-hybridized carbons (Fsp3) is 0.737. The largest absolute Gasteiger partial charge is 0.459 e. The minimum absolute atomic E-state index is 0.0901. The van der Waals surface area contributed by atoms with E-state index in [-0.39, 0.29) is 12.1 Å². The molecule has 0 aromatic rings. The van der Waals surface area contributed by atoms with Gasteiger partial charge in [0.25, 0.3) is 0 Å². The van der Waals surface area contributed by atoms with Gasteiger partial charge in [0.15, 0.2) is 0 Å². The van der Waals surface area contributed by atoms with E-state index >= 15 is 0 Å². The van der Waals surface area contributed by atoms with Crippen LogP contribution in [0, 0.1) is 30.1 Å². The average Bonchev–Trinajstić information content (AvgIpc) is 2.42. The Labute approximate surface area is 130 Å². The predicted molar refractivity (Wildman–Crippen MR) is 87.7 cm³/mol. The maximum atomic E-state index is 11.9. The van der Waals surface area contributed by atoms with E-state index in [1.54, 1.807) is 6.08 Å². The maximum absolute atomic E-state index is 11.9. The molecule has 0 aromatic carbocycles. The first-order valence-electron chi connectivity index (χ1n) is 8.35. The van der Waals surface area contributed by atoms with E-state index in [2.05, 4.69) is 26.7 Å². The van der Waals surface area contributed by atoms with E-state index in [0.29, 0.717) is 17.8 Å². The van der Waals surface area contributed by atoms with Crippen molar-refractivity contribution in [2.24, 2.45) is 17.8 Å². The van der Waals surface area contributed by atoms with Crippen molar-refractivity contribution in [3.63, 3.8) is 0 Å². The summed E-state index contributed by atoms with van der Waals surface area (Å²) in [6.45, 7) is 6.70. The van der Waals surface area contributed by atoms with Crippen LogP contribution >= 0.6 is 0 Å². The molecule has 1 rings (SSSR count). The van der Waals surface area contributed by atoms with Gasteiger partial charge in [0.2, 0.25) is 0 Å². The Morgan fingerprint density at radius 2 is 2.14 bits per heavy atom. The van der Waals surface area contributed by atoms with E-state index in [1.165, 1.54) is 12.8 Å². The molecule has 0 bridgehead atoms. The average molecular weight is 290 g/mol. The van der Waals surface area contributed by atoms with Crippen LogP contribution in [0.3, 0.4) is 0 Å². The Kier molecular flexibility index (Phi) is 8.20. The van der Waals surface area contributed by atoms with E-state index in [9.17, 15) is 4.79 Å². The molecule has 3 unspecified atom stereocenters. The van der Waals surface area contributed by atoms with Crippen LogP contribution in [0.2, 0.25) is 0 Å². The molecule has 0 saturated heterocycles. The van der Waals surface area contributed by atoms with Gasteiger partial charge in [-0.1, -0.05) is 33.3 Å². The number of hydrogen-bond donors (Lipinski definition) is 0. The molecule has 118 valence electrons. The Balaban J connectivity index is 2.37. The molecule has 0 aliphatic heterocycles. The molecule has 2 heteroatoms. The van der Waals surface area contributed by atoms with Gasteiger partial charge in [-0.15, -0.1) is 12.3 Å². The van der Waals surface area contributed by atoms with Gasteiger partial charge in [0.1, 0.15) is 6.10 Å². The highest BCUT2D eigenvalue weighted by Crippen LogP contribution is 2.35. The highest BCUT2D eigenvalue weighted by atomic mass is 16.5. The zero-order valence-corrected chi connectivity index (χ0v) is 13.8. The molecular weight excluding hydrogens is 260 g/mol. The van der Waals surface area contributed by atoms with Crippen LogP contribution < -0.4 is 0 Å². The van der Waals surface area contributed by atoms with E-state index in [1.807, 2.05) is 6.08 Å². The van der Waals surface area contributed by atoms with Gasteiger partial charge >= 0.3 is 5.97 Å². The van der Waals surface area contributed by atoms with Crippen LogP contribution in [0.1, 0.15) is 65.7 Å². The lowest BCUT2D eigenvalue weighted by Gasteiger charge is -2.36. The molecule has 1 aliphatic carbocycles. The highest BCUT2D eigenvalue weighted by molar-refractivity contribution is 5.82. The first-order valence-corrected chi connectivity index (χ1v) is 8.35. The van der Waals surface area contributed by atoms with Gasteiger partial charge in [0, 0.05) is 12.5 Å². The van der Waals surface area contributed by atoms with Gasteiger partial charge < -0.3 is 4.74 Å². The third kappa shape index (κ3) is 6.85. The first-order chi connectivity index (χ1) is 10.0. The molecule has 0 radical (unpaired) electrons. The number of unbranched alkanes of at least 4 members (excludes halogenated alkanes) is 3. The van der Waals surface area contributed by atoms with Crippen molar-refractivity contribution in [1.29, 1.82) is 0 Å². The normalized spacial score (nSPS) is 26.0. The van der Waals surface area contributed by atoms with Gasteiger partial charge in [-0.25, -0.2) is 4.79 Å². The predicted octanol–water partition coefficient (Wildman–Crippen LogP) is 4.74. The summed E-state index contributed by atoms with van der Waals surface area (Å²) < 4.78 is 5.71. The van der Waals surface area contributed by atoms with Crippen LogP contribution in [0.15, 0.2) is 12.2 Å². The van der Waals surface area contributed by atoms with E-state index < -0.39 is 0 Å². The fourth-order valence-electron chi connectivity index (χ4n) is 3.11. The van der Waals surface area contributed by atoms with Gasteiger partial charge in [0.05, 0.1) is 0 Å². The van der Waals surface area contributed by atoms with Gasteiger partial charge in [-0.3, -0.25) is 0 Å². The summed E-state index contributed by atoms with van der Waals surface area (Å²) >= 11 is 0. The van der Waals surface area contributed by atoms with Crippen molar-refractivity contribution in [2.75, 3.05) is 0 Å². The third-order valence-corrected chi connectivity index (χ3v) is 4.42. The second-order valence-electron chi connectivity index (χ2n) is 6.65. The quantitative estimate of drug-likeness (QED) is 0.293. The highest BCUT2D eigenvalue weighted by Gasteiger charge is 2.32. The maximum Gasteiger partial charge on any atom is 0.330 e. The SMILES string of the molecule is C#CCCCC/C=C/C(=O)OC1CC(C)CCC1C(C)C. The van der Waals surface area contributed by atoms with Crippen molar-refractivity contribution < 1.29 is 9.53 Å². The minimum Gasteiger partial charge on any atom is -0.459 e. The van der Waals surface area contributed by atoms with Gasteiger partial charge in [-0.05, 0) is 49.9 Å². The molecule has 0 aromatic heterocycles. The number of ether oxygens (including phenoxy) is 1. The molecule has 2 nitrogen and oxygen atoms in total. The summed E-state index contributed by atoms with van der Waals surface area (Å²) in [5.74, 6) is 4.18. The summed E-state index contributed by atoms with van der Waals surface area (Å²) in [5, 5.41) is 0. The summed E-state index contributed by atoms with van der Waals surface area (Å²) in [6, 6.07) is 0. The molecular formula is C19H30O2. The Bertz CT molecular complexity index is 376. The molecule has 0 spiro atoms. The molecule has 21 heavy (non-hydrogen) atoms. The number of terminal acetylenes is 1. The topological polar surface area (TPSA) is 26.3 Å². The number of hydrogen-bond acceptors (Lipinski definition) is 2. The summed E-state index contributed by atoms with van der Waals surface area (Å²) in [6.07, 6.45) is 16.0. The Morgan fingerprint density at radius 1 is 1.38 bits per heavy atom. The van der Waals surface area contributed by atoms with Crippen LogP contribution in [0.25, 0.3) is 0 Å². The molecule has 0 amide bonds. The second kappa shape index (κ2) is 9.66. The van der Waals surface area contributed by atoms with Crippen LogP contribution in [0.4, 0.5) is 0 Å². The number of carbonyl (C=O) groups excluding carboxylic acids is 1. The number of esters is 1. The first kappa shape index (κ1) is 17.8. The van der Waals surface area contributed by atoms with E-state index in [0.717, 1.165) is 32.1 Å². The van der Waals surface area contributed by atoms with Crippen molar-refractivity contribution >= 4 is 5.97 Å². The lowest BCUT2D eigenvalue weighted by Crippen LogP contribution is -2.35. The lowest BCUT2D eigenvalue weighted by molar-refractivity contribution is -0.149. The van der Waals surface area contributed by atoms with E-state index in [4.69, 9.17) is 11.2 Å². The standard InChI is InChI=1S/C19H30O2/c1-5-6-7-8-9-10-11-19(20)21-18-14-16(4)12-13-17(18)15(2)3/h1,10-11,15-18H,6-9,12-14H2,2-4H3/b11-10+. The molecule has 3 atom stereocenters. The molecule has 1 fully saturated rings. The zero-order valence-electron chi connectivity index (χ0n) is 13.8. The molecule has 0 heterocycles. The summed E-state index contributed by atoms with van der Waals surface area (Å²) in [5.41, 5.74) is 0. The number of allylic oxidation sites excluding steroid dienone is 1. The minimum atomic E-state index is -0.184. The summed E-state index contributed by atoms with van der Waals surface area (Å²) in [4.78, 5) is 11.9. The van der Waals surface area contributed by atoms with Crippen molar-refractivity contribution in [3.05, 3.63) is 12.2 Å². The fourth-order valence-corrected chi connectivity index (χ4v) is 3.11. The molecule has 1 saturated carbocycles. The third-order valence-electron chi connectivity index (χ3n) is 4.42. The smallest absolute Gasteiger partial charge is 0.330 e. The van der Waals surface area contributed by atoms with Crippen molar-refractivity contribution in [3.8, 4) is 12.3 Å². The molecule has 0 N–H and O–H groups in total. The van der Waals surface area contributed by atoms with Crippen LogP contribution in [-0.4, -0.2) is 12.1 Å². The second-order valence-corrected chi connectivity index (χ2v) is 6.65. The van der Waals surface area contributed by atoms with Crippen molar-refractivity contribution in [1.82, 2.24) is 0 Å².